The van der Waals surface area contributed by atoms with Crippen molar-refractivity contribution >= 4 is 23.9 Å². The van der Waals surface area contributed by atoms with Crippen molar-refractivity contribution in [3.05, 3.63) is 30.1 Å². The average Bonchev–Trinajstić information content (AvgIpc) is 2.53. The lowest BCUT2D eigenvalue weighted by Crippen LogP contribution is -2.25. The number of hydrogen-bond donors (Lipinski definition) is 0. The molecule has 0 unspecified atom stereocenters. The third kappa shape index (κ3) is 2.16. The van der Waals surface area contributed by atoms with E-state index in [2.05, 4.69) is 4.98 Å². The molecule has 0 bridgehead atoms. The lowest BCUT2D eigenvalue weighted by Gasteiger charge is -2.12. The quantitative estimate of drug-likeness (QED) is 0.584. The highest BCUT2D eigenvalue weighted by Crippen LogP contribution is 2.22. The molecule has 2 heterocycles. The van der Waals surface area contributed by atoms with Crippen LogP contribution in [-0.2, 0) is 10.5 Å². The van der Waals surface area contributed by atoms with E-state index in [0.717, 1.165) is 5.56 Å². The molecule has 0 atom stereocenters. The Bertz CT molecular complexity index is 410. The smallest absolute Gasteiger partial charge is 0.317 e. The highest BCUT2D eigenvalue weighted by Gasteiger charge is 2.33. The Balaban J connectivity index is 1.96. The van der Waals surface area contributed by atoms with E-state index in [9.17, 15) is 9.59 Å². The van der Waals surface area contributed by atoms with E-state index in [1.54, 1.807) is 19.4 Å². The molecule has 5 nitrogen and oxygen atoms in total. The predicted molar refractivity (Wildman–Crippen MR) is 60.4 cm³/mol. The summed E-state index contributed by atoms with van der Waals surface area (Å²) in [4.78, 5) is 28.3. The van der Waals surface area contributed by atoms with Crippen molar-refractivity contribution in [1.29, 1.82) is 0 Å². The van der Waals surface area contributed by atoms with Crippen LogP contribution in [0.25, 0.3) is 0 Å². The third-order valence-corrected chi connectivity index (χ3v) is 3.29. The van der Waals surface area contributed by atoms with E-state index in [1.165, 1.54) is 21.2 Å². The molecule has 1 saturated heterocycles. The fourth-order valence-corrected chi connectivity index (χ4v) is 2.26. The molecule has 1 aliphatic rings. The van der Waals surface area contributed by atoms with Crippen LogP contribution in [0.5, 0.6) is 0 Å². The van der Waals surface area contributed by atoms with E-state index in [4.69, 9.17) is 0 Å². The first kappa shape index (κ1) is 10.9. The van der Waals surface area contributed by atoms with Crippen LogP contribution in [0.15, 0.2) is 24.5 Å². The molecule has 16 heavy (non-hydrogen) atoms. The van der Waals surface area contributed by atoms with Gasteiger partial charge < -0.3 is 4.90 Å². The van der Waals surface area contributed by atoms with Crippen LogP contribution >= 0.6 is 11.9 Å². The van der Waals surface area contributed by atoms with Crippen molar-refractivity contribution in [3.8, 4) is 0 Å². The Morgan fingerprint density at radius 3 is 2.62 bits per heavy atom. The Labute approximate surface area is 97.6 Å². The van der Waals surface area contributed by atoms with Gasteiger partial charge in [0.05, 0.1) is 0 Å². The standard InChI is InChI=1S/C10H11N3O2S/c1-12-6-9(14)13(10(12)15)16-7-8-2-4-11-5-3-8/h2-5H,6-7H2,1H3. The van der Waals surface area contributed by atoms with E-state index in [1.807, 2.05) is 12.1 Å². The van der Waals surface area contributed by atoms with Crippen molar-refractivity contribution < 1.29 is 9.59 Å². The summed E-state index contributed by atoms with van der Waals surface area (Å²) in [5, 5.41) is 0. The minimum atomic E-state index is -0.246. The van der Waals surface area contributed by atoms with Crippen molar-refractivity contribution in [2.45, 2.75) is 5.75 Å². The summed E-state index contributed by atoms with van der Waals surface area (Å²) in [6.07, 6.45) is 3.38. The SMILES string of the molecule is CN1CC(=O)N(SCc2ccncc2)C1=O. The van der Waals surface area contributed by atoms with Crippen LogP contribution in [0.3, 0.4) is 0 Å². The van der Waals surface area contributed by atoms with Crippen LogP contribution in [0.1, 0.15) is 5.56 Å². The summed E-state index contributed by atoms with van der Waals surface area (Å²) in [5.74, 6) is 0.431. The summed E-state index contributed by atoms with van der Waals surface area (Å²) < 4.78 is 1.21. The zero-order valence-electron chi connectivity index (χ0n) is 8.79. The lowest BCUT2D eigenvalue weighted by atomic mass is 10.3. The number of hydrogen-bond acceptors (Lipinski definition) is 4. The molecular formula is C10H11N3O2S. The number of likely N-dealkylation sites (N-methyl/N-ethyl adjacent to an activating group) is 1. The Morgan fingerprint density at radius 1 is 1.38 bits per heavy atom. The van der Waals surface area contributed by atoms with Gasteiger partial charge in [-0.15, -0.1) is 0 Å². The highest BCUT2D eigenvalue weighted by atomic mass is 32.2. The first-order valence-corrected chi connectivity index (χ1v) is 5.72. The second-order valence-electron chi connectivity index (χ2n) is 3.46. The van der Waals surface area contributed by atoms with Gasteiger partial charge in [0.25, 0.3) is 5.91 Å². The number of pyridine rings is 1. The molecule has 0 spiro atoms. The first-order chi connectivity index (χ1) is 7.68. The topological polar surface area (TPSA) is 53.5 Å². The summed E-state index contributed by atoms with van der Waals surface area (Å²) in [6.45, 7) is 0.169. The Hall–Kier alpha value is -1.56. The van der Waals surface area contributed by atoms with Gasteiger partial charge in [0.2, 0.25) is 0 Å². The number of aromatic nitrogens is 1. The molecule has 0 aromatic carbocycles. The average molecular weight is 237 g/mol. The molecule has 0 N–H and O–H groups in total. The minimum Gasteiger partial charge on any atom is -0.317 e. The summed E-state index contributed by atoms with van der Waals surface area (Å²) >= 11 is 1.22. The monoisotopic (exact) mass is 237 g/mol. The molecule has 1 aromatic heterocycles. The second kappa shape index (κ2) is 4.52. The molecule has 1 fully saturated rings. The second-order valence-corrected chi connectivity index (χ2v) is 4.37. The van der Waals surface area contributed by atoms with Crippen molar-refractivity contribution in [2.75, 3.05) is 13.6 Å². The lowest BCUT2D eigenvalue weighted by molar-refractivity contribution is -0.121. The summed E-state index contributed by atoms with van der Waals surface area (Å²) in [6, 6.07) is 3.48. The van der Waals surface area contributed by atoms with E-state index in [0.29, 0.717) is 5.75 Å². The summed E-state index contributed by atoms with van der Waals surface area (Å²) in [7, 11) is 1.62. The van der Waals surface area contributed by atoms with Gasteiger partial charge >= 0.3 is 6.03 Å². The number of rotatable bonds is 3. The van der Waals surface area contributed by atoms with E-state index < -0.39 is 0 Å². The maximum absolute atomic E-state index is 11.5. The van der Waals surface area contributed by atoms with Crippen LogP contribution < -0.4 is 0 Å². The van der Waals surface area contributed by atoms with Crippen molar-refractivity contribution in [1.82, 2.24) is 14.2 Å². The number of amides is 3. The number of carbonyl (C=O) groups is 2. The normalized spacial score (nSPS) is 16.1. The fraction of sp³-hybridized carbons (Fsp3) is 0.300. The predicted octanol–water partition coefficient (Wildman–Crippen LogP) is 1.12. The van der Waals surface area contributed by atoms with Gasteiger partial charge in [0, 0.05) is 25.2 Å². The number of carbonyl (C=O) groups excluding carboxylic acids is 2. The molecule has 3 amide bonds. The van der Waals surface area contributed by atoms with Crippen LogP contribution in [0, 0.1) is 0 Å². The minimum absolute atomic E-state index is 0.161. The maximum atomic E-state index is 11.5. The number of urea groups is 1. The zero-order valence-corrected chi connectivity index (χ0v) is 9.61. The Morgan fingerprint density at radius 2 is 2.06 bits per heavy atom. The van der Waals surface area contributed by atoms with Crippen molar-refractivity contribution in [2.24, 2.45) is 0 Å². The number of imide groups is 1. The van der Waals surface area contributed by atoms with E-state index in [-0.39, 0.29) is 18.5 Å². The van der Waals surface area contributed by atoms with Crippen LogP contribution in [0.2, 0.25) is 0 Å². The van der Waals surface area contributed by atoms with Crippen LogP contribution in [0.4, 0.5) is 4.79 Å². The largest absolute Gasteiger partial charge is 0.337 e. The number of nitrogens with zero attached hydrogens (tertiary/aromatic N) is 3. The molecule has 84 valence electrons. The maximum Gasteiger partial charge on any atom is 0.337 e. The first-order valence-electron chi connectivity index (χ1n) is 4.78. The third-order valence-electron chi connectivity index (χ3n) is 2.21. The van der Waals surface area contributed by atoms with Crippen molar-refractivity contribution in [3.63, 3.8) is 0 Å². The molecular weight excluding hydrogens is 226 g/mol. The molecule has 0 radical (unpaired) electrons. The highest BCUT2D eigenvalue weighted by molar-refractivity contribution is 7.97. The molecule has 2 rings (SSSR count). The van der Waals surface area contributed by atoms with Crippen LogP contribution in [-0.4, -0.2) is 39.7 Å². The summed E-state index contributed by atoms with van der Waals surface area (Å²) in [5.41, 5.74) is 1.04. The molecule has 0 saturated carbocycles. The Kier molecular flexibility index (Phi) is 3.09. The van der Waals surface area contributed by atoms with Gasteiger partial charge in [-0.05, 0) is 29.6 Å². The molecule has 6 heteroatoms. The molecule has 1 aliphatic heterocycles. The van der Waals surface area contributed by atoms with Gasteiger partial charge in [0.15, 0.2) is 0 Å². The van der Waals surface area contributed by atoms with Gasteiger partial charge in [0.1, 0.15) is 6.54 Å². The van der Waals surface area contributed by atoms with Gasteiger partial charge in [-0.3, -0.25) is 9.78 Å². The van der Waals surface area contributed by atoms with E-state index >= 15 is 0 Å². The van der Waals surface area contributed by atoms with Gasteiger partial charge in [-0.1, -0.05) is 0 Å². The fourth-order valence-electron chi connectivity index (χ4n) is 1.34. The van der Waals surface area contributed by atoms with Gasteiger partial charge in [-0.2, -0.15) is 0 Å². The molecule has 1 aromatic rings. The molecule has 0 aliphatic carbocycles. The zero-order chi connectivity index (χ0) is 11.5. The van der Waals surface area contributed by atoms with Gasteiger partial charge in [-0.25, -0.2) is 9.10 Å².